The largest absolute Gasteiger partial charge is 0.462 e. The van der Waals surface area contributed by atoms with E-state index in [-0.39, 0.29) is 23.8 Å². The summed E-state index contributed by atoms with van der Waals surface area (Å²) in [5.41, 5.74) is 1.36. The minimum absolute atomic E-state index is 0.0191. The molecule has 3 heteroatoms. The molecule has 0 aromatic rings. The highest BCUT2D eigenvalue weighted by atomic mass is 16.6. The fourth-order valence-corrected chi connectivity index (χ4v) is 3.08. The summed E-state index contributed by atoms with van der Waals surface area (Å²) in [5.74, 6) is 0.961. The molecule has 0 spiro atoms. The molecule has 0 aromatic carbocycles. The molecule has 0 saturated carbocycles. The zero-order valence-electron chi connectivity index (χ0n) is 11.4. The van der Waals surface area contributed by atoms with E-state index < -0.39 is 0 Å². The van der Waals surface area contributed by atoms with E-state index in [9.17, 15) is 9.59 Å². The van der Waals surface area contributed by atoms with Gasteiger partial charge in [0.05, 0.1) is 5.92 Å². The van der Waals surface area contributed by atoms with E-state index in [1.165, 1.54) is 5.57 Å². The zero-order chi connectivity index (χ0) is 13.3. The maximum atomic E-state index is 11.6. The number of ketones is 1. The van der Waals surface area contributed by atoms with Crippen molar-refractivity contribution in [3.05, 3.63) is 11.6 Å². The molecule has 0 aromatic heterocycles. The van der Waals surface area contributed by atoms with Crippen LogP contribution in [-0.4, -0.2) is 17.9 Å². The Bertz CT molecular complexity index is 383. The lowest BCUT2D eigenvalue weighted by Crippen LogP contribution is -2.19. The minimum atomic E-state index is -0.0437. The average Bonchev–Trinajstić information content (AvgIpc) is 2.46. The maximum Gasteiger partial charge on any atom is 0.309 e. The monoisotopic (exact) mass is 250 g/mol. The number of hydrogen-bond donors (Lipinski definition) is 0. The Morgan fingerprint density at radius 2 is 2.17 bits per heavy atom. The van der Waals surface area contributed by atoms with Gasteiger partial charge in [0.25, 0.3) is 0 Å². The van der Waals surface area contributed by atoms with E-state index in [1.54, 1.807) is 6.92 Å². The predicted octanol–water partition coefficient (Wildman–Crippen LogP) is 2.89. The number of allylic oxidation sites excluding steroid dienone is 2. The summed E-state index contributed by atoms with van der Waals surface area (Å²) in [7, 11) is 0. The number of ether oxygens (including phenoxy) is 1. The van der Waals surface area contributed by atoms with Gasteiger partial charge in [-0.05, 0) is 32.1 Å². The van der Waals surface area contributed by atoms with E-state index in [4.69, 9.17) is 4.74 Å². The van der Waals surface area contributed by atoms with E-state index >= 15 is 0 Å². The Labute approximate surface area is 109 Å². The smallest absolute Gasteiger partial charge is 0.309 e. The zero-order valence-corrected chi connectivity index (χ0v) is 11.4. The second kappa shape index (κ2) is 5.25. The molecule has 1 heterocycles. The second-order valence-corrected chi connectivity index (χ2v) is 5.78. The Morgan fingerprint density at radius 1 is 1.44 bits per heavy atom. The minimum Gasteiger partial charge on any atom is -0.462 e. The first-order valence-electron chi connectivity index (χ1n) is 6.88. The van der Waals surface area contributed by atoms with Crippen molar-refractivity contribution in [3.63, 3.8) is 0 Å². The van der Waals surface area contributed by atoms with Crippen molar-refractivity contribution in [1.82, 2.24) is 0 Å². The molecular formula is C15H22O3. The van der Waals surface area contributed by atoms with Crippen LogP contribution < -0.4 is 0 Å². The first-order valence-corrected chi connectivity index (χ1v) is 6.88. The van der Waals surface area contributed by atoms with Crippen LogP contribution in [-0.2, 0) is 14.3 Å². The van der Waals surface area contributed by atoms with Gasteiger partial charge >= 0.3 is 5.97 Å². The number of carbonyl (C=O) groups excluding carboxylic acids is 2. The van der Waals surface area contributed by atoms with Gasteiger partial charge in [0.1, 0.15) is 11.9 Å². The van der Waals surface area contributed by atoms with E-state index in [1.807, 2.05) is 6.92 Å². The summed E-state index contributed by atoms with van der Waals surface area (Å²) in [6.45, 7) is 5.78. The highest BCUT2D eigenvalue weighted by Crippen LogP contribution is 2.39. The lowest BCUT2D eigenvalue weighted by Gasteiger charge is -2.18. The molecule has 0 amide bonds. The molecular weight excluding hydrogens is 228 g/mol. The summed E-state index contributed by atoms with van der Waals surface area (Å²) in [5, 5.41) is 0. The number of hydrogen-bond acceptors (Lipinski definition) is 3. The van der Waals surface area contributed by atoms with Crippen LogP contribution in [0, 0.1) is 17.8 Å². The summed E-state index contributed by atoms with van der Waals surface area (Å²) >= 11 is 0. The molecule has 0 bridgehead atoms. The Kier molecular flexibility index (Phi) is 3.88. The summed E-state index contributed by atoms with van der Waals surface area (Å²) in [4.78, 5) is 22.6. The van der Waals surface area contributed by atoms with Crippen molar-refractivity contribution in [3.8, 4) is 0 Å². The highest BCUT2D eigenvalue weighted by molar-refractivity contribution is 5.76. The standard InChI is InChI=1S/C15H22O3/c1-9-8-14-13(11(3)15(17)18-14)7-6-12(9)5-4-10(2)16/h6,9,11,13-14H,4-5,7-8H2,1-3H3/t9-,11+,13+,14-/m0/s1. The van der Waals surface area contributed by atoms with Crippen LogP contribution in [0.5, 0.6) is 0 Å². The SMILES string of the molecule is CC(=O)CCC1=CC[C@H]2[C@H](C[C@@H]1C)OC(=O)[C@@H]2C. The van der Waals surface area contributed by atoms with Gasteiger partial charge in [0.2, 0.25) is 0 Å². The van der Waals surface area contributed by atoms with Crippen molar-refractivity contribution in [2.45, 2.75) is 52.6 Å². The summed E-state index contributed by atoms with van der Waals surface area (Å²) in [6.07, 6.45) is 5.63. The molecule has 4 atom stereocenters. The van der Waals surface area contributed by atoms with Gasteiger partial charge in [-0.25, -0.2) is 0 Å². The van der Waals surface area contributed by atoms with Crippen LogP contribution in [0.3, 0.4) is 0 Å². The average molecular weight is 250 g/mol. The van der Waals surface area contributed by atoms with Crippen molar-refractivity contribution >= 4 is 11.8 Å². The van der Waals surface area contributed by atoms with Crippen molar-refractivity contribution in [2.75, 3.05) is 0 Å². The maximum absolute atomic E-state index is 11.6. The fraction of sp³-hybridized carbons (Fsp3) is 0.733. The van der Waals surface area contributed by atoms with Gasteiger partial charge in [-0.1, -0.05) is 25.5 Å². The van der Waals surface area contributed by atoms with Crippen LogP contribution in [0.15, 0.2) is 11.6 Å². The first kappa shape index (κ1) is 13.3. The van der Waals surface area contributed by atoms with Crippen LogP contribution in [0.4, 0.5) is 0 Å². The van der Waals surface area contributed by atoms with Crippen molar-refractivity contribution in [1.29, 1.82) is 0 Å². The lowest BCUT2D eigenvalue weighted by atomic mass is 9.87. The Morgan fingerprint density at radius 3 is 2.83 bits per heavy atom. The first-order chi connectivity index (χ1) is 8.49. The van der Waals surface area contributed by atoms with Gasteiger partial charge in [0.15, 0.2) is 0 Å². The predicted molar refractivity (Wildman–Crippen MR) is 68.9 cm³/mol. The van der Waals surface area contributed by atoms with Crippen molar-refractivity contribution < 1.29 is 14.3 Å². The summed E-state index contributed by atoms with van der Waals surface area (Å²) < 4.78 is 5.46. The molecule has 0 N–H and O–H groups in total. The Balaban J connectivity index is 2.05. The van der Waals surface area contributed by atoms with Crippen LogP contribution in [0.25, 0.3) is 0 Å². The normalized spacial score (nSPS) is 35.5. The molecule has 2 rings (SSSR count). The van der Waals surface area contributed by atoms with Gasteiger partial charge in [0, 0.05) is 12.3 Å². The number of rotatable bonds is 3. The summed E-state index contributed by atoms with van der Waals surface area (Å²) in [6, 6.07) is 0. The highest BCUT2D eigenvalue weighted by Gasteiger charge is 2.42. The van der Waals surface area contributed by atoms with E-state index in [2.05, 4.69) is 13.0 Å². The van der Waals surface area contributed by atoms with E-state index in [0.717, 1.165) is 19.3 Å². The van der Waals surface area contributed by atoms with Crippen LogP contribution in [0.2, 0.25) is 0 Å². The van der Waals surface area contributed by atoms with Gasteiger partial charge in [-0.3, -0.25) is 4.79 Å². The molecule has 1 fully saturated rings. The molecule has 3 nitrogen and oxygen atoms in total. The lowest BCUT2D eigenvalue weighted by molar-refractivity contribution is -0.144. The third kappa shape index (κ3) is 2.65. The third-order valence-electron chi connectivity index (χ3n) is 4.40. The molecule has 1 aliphatic carbocycles. The van der Waals surface area contributed by atoms with Gasteiger partial charge in [-0.2, -0.15) is 0 Å². The molecule has 1 aliphatic heterocycles. The van der Waals surface area contributed by atoms with Gasteiger partial charge < -0.3 is 9.53 Å². The van der Waals surface area contributed by atoms with Crippen molar-refractivity contribution in [2.24, 2.45) is 17.8 Å². The fourth-order valence-electron chi connectivity index (χ4n) is 3.08. The second-order valence-electron chi connectivity index (χ2n) is 5.78. The quantitative estimate of drug-likeness (QED) is 0.571. The molecule has 0 radical (unpaired) electrons. The number of fused-ring (bicyclic) bond motifs is 1. The topological polar surface area (TPSA) is 43.4 Å². The third-order valence-corrected chi connectivity index (χ3v) is 4.40. The molecule has 1 saturated heterocycles. The van der Waals surface area contributed by atoms with Crippen LogP contribution >= 0.6 is 0 Å². The molecule has 2 aliphatic rings. The van der Waals surface area contributed by atoms with E-state index in [0.29, 0.717) is 18.3 Å². The molecule has 0 unspecified atom stereocenters. The number of esters is 1. The number of Topliss-reactive ketones (excluding diaryl/α,β-unsaturated/α-hetero) is 1. The molecule has 18 heavy (non-hydrogen) atoms. The molecule has 100 valence electrons. The van der Waals surface area contributed by atoms with Gasteiger partial charge in [-0.15, -0.1) is 0 Å². The Hall–Kier alpha value is -1.12. The number of carbonyl (C=O) groups is 2. The van der Waals surface area contributed by atoms with Crippen LogP contribution in [0.1, 0.15) is 46.5 Å².